The summed E-state index contributed by atoms with van der Waals surface area (Å²) in [6.45, 7) is 2.04. The number of nitrogens with one attached hydrogen (secondary N) is 1. The first-order valence-corrected chi connectivity index (χ1v) is 13.6. The monoisotopic (exact) mass is 496 g/mol. The number of hydrogen-bond acceptors (Lipinski definition) is 4. The molecule has 2 heterocycles. The number of carbonyl (C=O) groups excluding carboxylic acids is 1. The minimum absolute atomic E-state index is 0.0434. The van der Waals surface area contributed by atoms with E-state index in [4.69, 9.17) is 11.6 Å². The van der Waals surface area contributed by atoms with Crippen LogP contribution >= 0.6 is 34.7 Å². The van der Waals surface area contributed by atoms with Crippen LogP contribution in [0, 0.1) is 24.7 Å². The van der Waals surface area contributed by atoms with Crippen LogP contribution < -0.4 is 10.2 Å². The average molecular weight is 497 g/mol. The summed E-state index contributed by atoms with van der Waals surface area (Å²) in [5.74, 6) is 2.02. The van der Waals surface area contributed by atoms with Crippen molar-refractivity contribution in [1.29, 1.82) is 0 Å². The number of fused-ring (bicyclic) bond motifs is 6. The van der Waals surface area contributed by atoms with Gasteiger partial charge in [0.05, 0.1) is 5.03 Å². The van der Waals surface area contributed by atoms with E-state index in [0.29, 0.717) is 17.1 Å². The van der Waals surface area contributed by atoms with Crippen molar-refractivity contribution in [2.75, 3.05) is 5.32 Å². The van der Waals surface area contributed by atoms with Crippen molar-refractivity contribution < 1.29 is 4.79 Å². The Morgan fingerprint density at radius 2 is 1.94 bits per heavy atom. The lowest BCUT2D eigenvalue weighted by Gasteiger charge is -2.40. The molecule has 2 fully saturated rings. The lowest BCUT2D eigenvalue weighted by atomic mass is 9.75. The van der Waals surface area contributed by atoms with Crippen LogP contribution in [-0.2, 0) is 11.3 Å². The van der Waals surface area contributed by atoms with Crippen molar-refractivity contribution in [2.24, 2.45) is 17.8 Å². The minimum atomic E-state index is -0.165. The zero-order valence-corrected chi connectivity index (χ0v) is 20.7. The maximum atomic E-state index is 13.1. The number of hydrogen-bond donors (Lipinski definition) is 1. The van der Waals surface area contributed by atoms with Crippen molar-refractivity contribution in [2.45, 2.75) is 48.9 Å². The van der Waals surface area contributed by atoms with Gasteiger partial charge in [-0.15, -0.1) is 11.8 Å². The first-order chi connectivity index (χ1) is 16.0. The molecule has 2 aliphatic carbocycles. The quantitative estimate of drug-likeness (QED) is 0.470. The predicted octanol–water partition coefficient (Wildman–Crippen LogP) is 6.16. The van der Waals surface area contributed by atoms with Gasteiger partial charge in [0.25, 0.3) is 0 Å². The van der Waals surface area contributed by atoms with Gasteiger partial charge in [0.15, 0.2) is 0 Å². The molecule has 6 rings (SSSR count). The molecule has 33 heavy (non-hydrogen) atoms. The molecular formula is C26H25ClN2O2S2. The second kappa shape index (κ2) is 8.33. The zero-order valence-electron chi connectivity index (χ0n) is 18.3. The molecule has 1 aliphatic heterocycles. The SMILES string of the molecule is Cc1cccc(NC(=O)Cn2c3c(sc2=O)[C@@H](c2ccc(Cl)cc2)[C@H]2[C@H]4CC[C@H](C4)[C@H]2S3)c1. The molecule has 3 aromatic rings. The third-order valence-corrected chi connectivity index (χ3v) is 10.6. The maximum Gasteiger partial charge on any atom is 0.308 e. The summed E-state index contributed by atoms with van der Waals surface area (Å²) in [5.41, 5.74) is 3.08. The van der Waals surface area contributed by atoms with E-state index in [1.807, 2.05) is 55.1 Å². The molecule has 4 nitrogen and oxygen atoms in total. The van der Waals surface area contributed by atoms with Gasteiger partial charge in [0.1, 0.15) is 6.54 Å². The lowest BCUT2D eigenvalue weighted by Crippen LogP contribution is -2.34. The fourth-order valence-corrected chi connectivity index (χ4v) is 9.47. The smallest absolute Gasteiger partial charge is 0.308 e. The van der Waals surface area contributed by atoms with Crippen molar-refractivity contribution in [3.8, 4) is 0 Å². The van der Waals surface area contributed by atoms with Crippen LogP contribution in [0.1, 0.15) is 41.2 Å². The lowest BCUT2D eigenvalue weighted by molar-refractivity contribution is -0.116. The molecule has 1 amide bonds. The maximum absolute atomic E-state index is 13.1. The van der Waals surface area contributed by atoms with E-state index in [1.54, 1.807) is 4.57 Å². The molecule has 0 unspecified atom stereocenters. The first-order valence-electron chi connectivity index (χ1n) is 11.5. The van der Waals surface area contributed by atoms with Crippen molar-refractivity contribution >= 4 is 46.3 Å². The number of thiazole rings is 1. The second-order valence-corrected chi connectivity index (χ2v) is 12.2. The number of amides is 1. The Morgan fingerprint density at radius 1 is 1.15 bits per heavy atom. The summed E-state index contributed by atoms with van der Waals surface area (Å²) in [4.78, 5) is 27.1. The normalized spacial score (nSPS) is 27.3. The molecule has 7 heteroatoms. The number of thioether (sulfide) groups is 1. The number of halogens is 1. The van der Waals surface area contributed by atoms with Crippen LogP contribution in [0.5, 0.6) is 0 Å². The Balaban J connectivity index is 1.37. The molecule has 170 valence electrons. The summed E-state index contributed by atoms with van der Waals surface area (Å²) in [7, 11) is 0. The van der Waals surface area contributed by atoms with Crippen LogP contribution in [0.3, 0.4) is 0 Å². The van der Waals surface area contributed by atoms with Crippen LogP contribution in [0.25, 0.3) is 0 Å². The van der Waals surface area contributed by atoms with Crippen LogP contribution in [0.2, 0.25) is 5.02 Å². The van der Waals surface area contributed by atoms with E-state index in [1.165, 1.54) is 36.2 Å². The number of rotatable bonds is 4. The molecule has 0 saturated heterocycles. The number of aryl methyl sites for hydroxylation is 1. The standard InChI is InChI=1S/C26H25ClN2O2S2/c1-14-3-2-4-19(11-14)28-20(30)13-29-25-24(33-26(29)31)21(15-7-9-18(27)10-8-15)22-16-5-6-17(12-16)23(22)32-25/h2-4,7-11,16-17,21-23H,5-6,12-13H2,1H3,(H,28,30)/t16-,17+,21-,22+,23+/m0/s1. The third kappa shape index (κ3) is 3.76. The molecule has 2 bridgehead atoms. The van der Waals surface area contributed by atoms with Crippen molar-refractivity contribution in [3.63, 3.8) is 0 Å². The Morgan fingerprint density at radius 3 is 2.73 bits per heavy atom. The fourth-order valence-electron chi connectivity index (χ4n) is 6.20. The number of aromatic nitrogens is 1. The minimum Gasteiger partial charge on any atom is -0.325 e. The number of benzene rings is 2. The topological polar surface area (TPSA) is 51.1 Å². The Kier molecular flexibility index (Phi) is 5.43. The molecule has 1 N–H and O–H groups in total. The van der Waals surface area contributed by atoms with Gasteiger partial charge in [-0.05, 0) is 79.3 Å². The summed E-state index contributed by atoms with van der Waals surface area (Å²) < 4.78 is 1.71. The molecule has 2 saturated carbocycles. The van der Waals surface area contributed by atoms with Gasteiger partial charge >= 0.3 is 4.87 Å². The second-order valence-electron chi connectivity index (χ2n) is 9.56. The number of carbonyl (C=O) groups is 1. The van der Waals surface area contributed by atoms with Crippen LogP contribution in [0.15, 0.2) is 58.4 Å². The van der Waals surface area contributed by atoms with E-state index in [2.05, 4.69) is 17.4 Å². The van der Waals surface area contributed by atoms with Gasteiger partial charge in [-0.25, -0.2) is 0 Å². The predicted molar refractivity (Wildman–Crippen MR) is 136 cm³/mol. The molecule has 3 aliphatic rings. The highest BCUT2D eigenvalue weighted by atomic mass is 35.5. The number of nitrogens with zero attached hydrogens (tertiary/aromatic N) is 1. The highest BCUT2D eigenvalue weighted by Crippen LogP contribution is 2.64. The molecule has 0 spiro atoms. The first kappa shape index (κ1) is 21.5. The summed E-state index contributed by atoms with van der Waals surface area (Å²) in [6.07, 6.45) is 3.86. The summed E-state index contributed by atoms with van der Waals surface area (Å²) in [5, 5.41) is 5.20. The van der Waals surface area contributed by atoms with E-state index in [0.717, 1.165) is 32.1 Å². The van der Waals surface area contributed by atoms with Crippen LogP contribution in [0.4, 0.5) is 5.69 Å². The molecule has 0 radical (unpaired) electrons. The molecular weight excluding hydrogens is 472 g/mol. The Labute approximate surface area is 206 Å². The van der Waals surface area contributed by atoms with E-state index >= 15 is 0 Å². The highest BCUT2D eigenvalue weighted by molar-refractivity contribution is 8.00. The van der Waals surface area contributed by atoms with Gasteiger partial charge in [-0.1, -0.05) is 47.2 Å². The van der Waals surface area contributed by atoms with E-state index in [-0.39, 0.29) is 23.2 Å². The van der Waals surface area contributed by atoms with E-state index in [9.17, 15) is 9.59 Å². The Hall–Kier alpha value is -2.02. The van der Waals surface area contributed by atoms with E-state index < -0.39 is 0 Å². The van der Waals surface area contributed by atoms with Gasteiger partial charge in [0.2, 0.25) is 5.91 Å². The highest BCUT2D eigenvalue weighted by Gasteiger charge is 2.55. The largest absolute Gasteiger partial charge is 0.325 e. The molecule has 1 aromatic heterocycles. The third-order valence-electron chi connectivity index (χ3n) is 7.52. The summed E-state index contributed by atoms with van der Waals surface area (Å²) in [6, 6.07) is 15.9. The van der Waals surface area contributed by atoms with Gasteiger partial charge in [-0.2, -0.15) is 0 Å². The molecule has 2 aromatic carbocycles. The summed E-state index contributed by atoms with van der Waals surface area (Å²) >= 11 is 9.37. The van der Waals surface area contributed by atoms with Gasteiger partial charge < -0.3 is 5.32 Å². The zero-order chi connectivity index (χ0) is 22.7. The van der Waals surface area contributed by atoms with Crippen molar-refractivity contribution in [1.82, 2.24) is 4.57 Å². The van der Waals surface area contributed by atoms with Crippen molar-refractivity contribution in [3.05, 3.63) is 79.2 Å². The Bertz CT molecular complexity index is 1280. The van der Waals surface area contributed by atoms with Gasteiger partial charge in [0, 0.05) is 26.8 Å². The molecule has 5 atom stereocenters. The van der Waals surface area contributed by atoms with Crippen LogP contribution in [-0.4, -0.2) is 15.7 Å². The average Bonchev–Trinajstić information content (AvgIpc) is 3.48. The fraction of sp³-hybridized carbons (Fsp3) is 0.385. The van der Waals surface area contributed by atoms with Gasteiger partial charge in [-0.3, -0.25) is 14.2 Å². The number of anilines is 1.